The van der Waals surface area contributed by atoms with Crippen molar-refractivity contribution in [2.75, 3.05) is 13.2 Å². The molecule has 13 nitrogen and oxygen atoms in total. The van der Waals surface area contributed by atoms with Crippen molar-refractivity contribution >= 4 is 19.8 Å². The Morgan fingerprint density at radius 1 is 0.492 bits per heavy atom. The van der Waals surface area contributed by atoms with Gasteiger partial charge >= 0.3 is 19.8 Å². The first-order valence-electron chi connectivity index (χ1n) is 24.4. The van der Waals surface area contributed by atoms with Crippen molar-refractivity contribution in [3.8, 4) is 0 Å². The number of aliphatic hydroxyl groups is 5. The van der Waals surface area contributed by atoms with Crippen LogP contribution in [0.5, 0.6) is 0 Å². The summed E-state index contributed by atoms with van der Waals surface area (Å²) < 4.78 is 33.5. The predicted octanol–water partition coefficient (Wildman–Crippen LogP) is 9.95. The molecule has 0 spiro atoms. The van der Waals surface area contributed by atoms with Crippen molar-refractivity contribution in [2.24, 2.45) is 0 Å². The molecule has 0 bridgehead atoms. The van der Waals surface area contributed by atoms with Gasteiger partial charge in [-0.05, 0) is 64.2 Å². The molecule has 14 heteroatoms. The first-order chi connectivity index (χ1) is 30.4. The summed E-state index contributed by atoms with van der Waals surface area (Å²) in [5.41, 5.74) is 0. The van der Waals surface area contributed by atoms with Gasteiger partial charge in [0.2, 0.25) is 0 Å². The van der Waals surface area contributed by atoms with Crippen LogP contribution < -0.4 is 0 Å². The summed E-state index contributed by atoms with van der Waals surface area (Å²) in [6.07, 6.45) is 33.3. The van der Waals surface area contributed by atoms with Gasteiger partial charge in [-0.25, -0.2) is 4.57 Å². The second-order valence-electron chi connectivity index (χ2n) is 17.0. The molecule has 0 aliphatic heterocycles. The zero-order valence-electron chi connectivity index (χ0n) is 38.9. The lowest BCUT2D eigenvalue weighted by Crippen LogP contribution is -2.64. The molecule has 0 heterocycles. The molecule has 1 rings (SSSR count). The van der Waals surface area contributed by atoms with Gasteiger partial charge in [0.25, 0.3) is 0 Å². The van der Waals surface area contributed by atoms with Crippen LogP contribution in [-0.2, 0) is 32.7 Å². The molecular formula is C49H87O13P. The van der Waals surface area contributed by atoms with E-state index >= 15 is 0 Å². The zero-order chi connectivity index (χ0) is 46.4. The van der Waals surface area contributed by atoms with Gasteiger partial charge in [0.1, 0.15) is 43.2 Å². The van der Waals surface area contributed by atoms with E-state index in [0.29, 0.717) is 25.7 Å². The average Bonchev–Trinajstić information content (AvgIpc) is 3.26. The van der Waals surface area contributed by atoms with Crippen LogP contribution in [0.15, 0.2) is 48.6 Å². The summed E-state index contributed by atoms with van der Waals surface area (Å²) in [7, 11) is -5.14. The summed E-state index contributed by atoms with van der Waals surface area (Å²) in [5, 5.41) is 50.2. The van der Waals surface area contributed by atoms with E-state index in [1.54, 1.807) is 0 Å². The minimum Gasteiger partial charge on any atom is -0.462 e. The Balaban J connectivity index is 2.49. The van der Waals surface area contributed by atoms with Crippen LogP contribution in [0.1, 0.15) is 194 Å². The third-order valence-electron chi connectivity index (χ3n) is 11.1. The van der Waals surface area contributed by atoms with Gasteiger partial charge in [-0.2, -0.15) is 0 Å². The average molecular weight is 915 g/mol. The van der Waals surface area contributed by atoms with Crippen LogP contribution in [0.25, 0.3) is 0 Å². The topological polar surface area (TPSA) is 210 Å². The molecule has 6 unspecified atom stereocenters. The minimum absolute atomic E-state index is 0.0237. The lowest BCUT2D eigenvalue weighted by molar-refractivity contribution is -0.220. The predicted molar refractivity (Wildman–Crippen MR) is 249 cm³/mol. The molecule has 0 aromatic carbocycles. The Bertz CT molecular complexity index is 1290. The number of esters is 2. The highest BCUT2D eigenvalue weighted by atomic mass is 31.2. The van der Waals surface area contributed by atoms with E-state index in [1.807, 2.05) is 18.2 Å². The number of aliphatic hydroxyl groups excluding tert-OH is 5. The molecule has 366 valence electrons. The number of carbonyl (C=O) groups is 2. The highest BCUT2D eigenvalue weighted by Crippen LogP contribution is 2.47. The van der Waals surface area contributed by atoms with Gasteiger partial charge in [-0.3, -0.25) is 18.6 Å². The number of hydrogen-bond donors (Lipinski definition) is 6. The summed E-state index contributed by atoms with van der Waals surface area (Å²) in [6, 6.07) is 0. The number of hydrogen-bond acceptors (Lipinski definition) is 12. The second kappa shape index (κ2) is 39.0. The Labute approximate surface area is 380 Å². The van der Waals surface area contributed by atoms with E-state index in [4.69, 9.17) is 18.5 Å². The molecule has 0 aromatic heterocycles. The van der Waals surface area contributed by atoms with Crippen molar-refractivity contribution in [1.82, 2.24) is 0 Å². The van der Waals surface area contributed by atoms with Crippen molar-refractivity contribution in [2.45, 2.75) is 236 Å². The quantitative estimate of drug-likeness (QED) is 0.0147. The highest BCUT2D eigenvalue weighted by molar-refractivity contribution is 7.47. The van der Waals surface area contributed by atoms with Crippen molar-refractivity contribution < 1.29 is 63.1 Å². The molecule has 63 heavy (non-hydrogen) atoms. The van der Waals surface area contributed by atoms with E-state index in [1.165, 1.54) is 116 Å². The lowest BCUT2D eigenvalue weighted by atomic mass is 9.85. The number of rotatable bonds is 40. The molecule has 1 fully saturated rings. The van der Waals surface area contributed by atoms with Crippen molar-refractivity contribution in [3.63, 3.8) is 0 Å². The first-order valence-corrected chi connectivity index (χ1v) is 25.9. The van der Waals surface area contributed by atoms with Crippen molar-refractivity contribution in [1.29, 1.82) is 0 Å². The summed E-state index contributed by atoms with van der Waals surface area (Å²) in [4.78, 5) is 35.7. The Hall–Kier alpha value is -2.19. The Morgan fingerprint density at radius 3 is 1.29 bits per heavy atom. The third kappa shape index (κ3) is 31.4. The van der Waals surface area contributed by atoms with Crippen LogP contribution in [0, 0.1) is 0 Å². The normalized spacial score (nSPS) is 22.1. The SMILES string of the molecule is CCCCCCCCCCC/C=C/C/C=C/CCCC(=O)OC[C@@H](COP(=O)(O)OC1C(O)C(O)C(O)[C@H](O)C1O)OC(=O)CCC/C=C/C/C=C/CCCCCCCCCCC. The van der Waals surface area contributed by atoms with E-state index in [-0.39, 0.29) is 12.8 Å². The fourth-order valence-corrected chi connectivity index (χ4v) is 8.16. The van der Waals surface area contributed by atoms with Gasteiger partial charge in [-0.15, -0.1) is 0 Å². The molecule has 0 amide bonds. The van der Waals surface area contributed by atoms with Crippen LogP contribution in [-0.4, -0.2) is 98.3 Å². The van der Waals surface area contributed by atoms with E-state index in [2.05, 4.69) is 44.2 Å². The molecule has 6 N–H and O–H groups in total. The number of carbonyl (C=O) groups excluding carboxylic acids is 2. The second-order valence-corrected chi connectivity index (χ2v) is 18.4. The molecule has 0 radical (unpaired) electrons. The third-order valence-corrected chi connectivity index (χ3v) is 12.1. The van der Waals surface area contributed by atoms with Gasteiger partial charge in [0.05, 0.1) is 6.61 Å². The van der Waals surface area contributed by atoms with Gasteiger partial charge in [0.15, 0.2) is 6.10 Å². The van der Waals surface area contributed by atoms with Crippen LogP contribution in [0.4, 0.5) is 0 Å². The molecular weight excluding hydrogens is 827 g/mol. The smallest absolute Gasteiger partial charge is 0.462 e. The molecule has 8 atom stereocenters. The number of phosphoric ester groups is 1. The maximum absolute atomic E-state index is 12.8. The monoisotopic (exact) mass is 915 g/mol. The summed E-state index contributed by atoms with van der Waals surface area (Å²) >= 11 is 0. The summed E-state index contributed by atoms with van der Waals surface area (Å²) in [5.74, 6) is -1.20. The minimum atomic E-state index is -5.14. The fraction of sp³-hybridized carbons (Fsp3) is 0.796. The van der Waals surface area contributed by atoms with Gasteiger partial charge < -0.3 is 39.9 Å². The standard InChI is InChI=1S/C49H87O13P/c1-3-5-7-9-11-13-15-17-19-21-23-25-27-29-31-33-35-37-42(50)59-39-41(40-60-63(57,58)62-49-47(55)45(53)44(52)46(54)48(49)56)61-43(51)38-36-34-32-30-28-26-24-22-20-18-16-14-12-10-8-6-4-2/h23-26,29-32,41,44-49,52-56H,3-22,27-28,33-40H2,1-2H3,(H,57,58)/b25-23+,26-24+,31-29+,32-30+/t41-,44?,45-,46?,47?,48?,49?/m0/s1. The highest BCUT2D eigenvalue weighted by Gasteiger charge is 2.51. The molecule has 1 aliphatic rings. The Kier molecular flexibility index (Phi) is 36.4. The molecule has 0 saturated heterocycles. The van der Waals surface area contributed by atoms with Crippen LogP contribution in [0.3, 0.4) is 0 Å². The Morgan fingerprint density at radius 2 is 0.857 bits per heavy atom. The summed E-state index contributed by atoms with van der Waals surface area (Å²) in [6.45, 7) is 3.24. The fourth-order valence-electron chi connectivity index (χ4n) is 7.19. The molecule has 1 saturated carbocycles. The maximum atomic E-state index is 12.8. The zero-order valence-corrected chi connectivity index (χ0v) is 39.8. The lowest BCUT2D eigenvalue weighted by Gasteiger charge is -2.41. The van der Waals surface area contributed by atoms with Crippen LogP contribution >= 0.6 is 7.82 Å². The first kappa shape index (κ1) is 58.8. The van der Waals surface area contributed by atoms with E-state index < -0.39 is 75.7 Å². The van der Waals surface area contributed by atoms with E-state index in [9.17, 15) is 44.6 Å². The van der Waals surface area contributed by atoms with Crippen molar-refractivity contribution in [3.05, 3.63) is 48.6 Å². The van der Waals surface area contributed by atoms with Gasteiger partial charge in [0, 0.05) is 12.8 Å². The number of phosphoric acid groups is 1. The largest absolute Gasteiger partial charge is 0.472 e. The van der Waals surface area contributed by atoms with Crippen LogP contribution in [0.2, 0.25) is 0 Å². The van der Waals surface area contributed by atoms with Gasteiger partial charge in [-0.1, -0.05) is 165 Å². The number of ether oxygens (including phenoxy) is 2. The molecule has 1 aliphatic carbocycles. The van der Waals surface area contributed by atoms with E-state index in [0.717, 1.165) is 25.7 Å². The molecule has 0 aromatic rings. The number of unbranched alkanes of at least 4 members (excludes halogenated alkanes) is 20. The maximum Gasteiger partial charge on any atom is 0.472 e. The number of allylic oxidation sites excluding steroid dienone is 8.